The maximum absolute atomic E-state index is 5.57. The van der Waals surface area contributed by atoms with E-state index in [2.05, 4.69) is 11.9 Å². The quantitative estimate of drug-likeness (QED) is 0.727. The van der Waals surface area contributed by atoms with Gasteiger partial charge in [0, 0.05) is 12.3 Å². The lowest BCUT2D eigenvalue weighted by molar-refractivity contribution is 0.462. The van der Waals surface area contributed by atoms with Crippen molar-refractivity contribution >= 4 is 0 Å². The third-order valence-electron chi connectivity index (χ3n) is 2.17. The zero-order chi connectivity index (χ0) is 14.5. The molecule has 0 aliphatic carbocycles. The van der Waals surface area contributed by atoms with E-state index in [1.807, 2.05) is 76.4 Å². The van der Waals surface area contributed by atoms with Crippen LogP contribution in [-0.4, -0.2) is 4.98 Å². The van der Waals surface area contributed by atoms with Gasteiger partial charge in [-0.05, 0) is 24.1 Å². The second-order valence-corrected chi connectivity index (χ2v) is 3.27. The molecule has 0 aliphatic heterocycles. The van der Waals surface area contributed by atoms with E-state index in [0.29, 0.717) is 5.88 Å². The average Bonchev–Trinajstić information content (AvgIpc) is 2.53. The zero-order valence-electron chi connectivity index (χ0n) is 12.7. The number of aryl methyl sites for hydroxylation is 1. The van der Waals surface area contributed by atoms with Crippen molar-refractivity contribution < 1.29 is 4.74 Å². The van der Waals surface area contributed by atoms with Crippen molar-refractivity contribution in [3.8, 4) is 11.6 Å². The number of hydrogen-bond acceptors (Lipinski definition) is 2. The molecule has 0 aliphatic rings. The number of pyridine rings is 1. The van der Waals surface area contributed by atoms with E-state index in [1.54, 1.807) is 0 Å². The second-order valence-electron chi connectivity index (χ2n) is 3.27. The number of benzene rings is 1. The van der Waals surface area contributed by atoms with Crippen LogP contribution in [0.2, 0.25) is 0 Å². The molecule has 0 fully saturated rings. The van der Waals surface area contributed by atoms with E-state index in [-0.39, 0.29) is 0 Å². The van der Waals surface area contributed by atoms with Gasteiger partial charge in [0.2, 0.25) is 5.88 Å². The smallest absolute Gasteiger partial charge is 0.219 e. The summed E-state index contributed by atoms with van der Waals surface area (Å²) in [4.78, 5) is 4.22. The number of para-hydroxylation sites is 1. The molecule has 0 saturated carbocycles. The topological polar surface area (TPSA) is 22.1 Å². The van der Waals surface area contributed by atoms with Crippen LogP contribution >= 0.6 is 0 Å². The van der Waals surface area contributed by atoms with E-state index in [9.17, 15) is 0 Å². The normalized spacial score (nSPS) is 8.47. The Bertz CT molecular complexity index is 409. The highest BCUT2D eigenvalue weighted by Gasteiger charge is 1.97. The summed E-state index contributed by atoms with van der Waals surface area (Å²) in [5, 5.41) is 0. The van der Waals surface area contributed by atoms with Crippen LogP contribution in [0, 0.1) is 0 Å². The molecule has 2 aromatic rings. The average molecular weight is 259 g/mol. The molecule has 0 spiro atoms. The van der Waals surface area contributed by atoms with Crippen molar-refractivity contribution in [3.05, 3.63) is 54.2 Å². The standard InChI is InChI=1S/C13H13NO.2C2H6/c1-2-11-8-9-13(14-10-11)15-12-6-4-3-5-7-12;2*1-2/h3-10H,2H2,1H3;2*1-2H3. The molecule has 1 aromatic heterocycles. The molecule has 104 valence electrons. The fraction of sp³-hybridized carbons (Fsp3) is 0.353. The number of rotatable bonds is 3. The Morgan fingerprint density at radius 3 is 2.00 bits per heavy atom. The summed E-state index contributed by atoms with van der Waals surface area (Å²) in [5.41, 5.74) is 1.22. The number of nitrogens with zero attached hydrogens (tertiary/aromatic N) is 1. The van der Waals surface area contributed by atoms with Crippen LogP contribution in [0.5, 0.6) is 11.6 Å². The van der Waals surface area contributed by atoms with Crippen molar-refractivity contribution in [1.29, 1.82) is 0 Å². The Morgan fingerprint density at radius 1 is 0.895 bits per heavy atom. The third kappa shape index (κ3) is 6.61. The maximum Gasteiger partial charge on any atom is 0.219 e. The molecule has 0 unspecified atom stereocenters. The first-order valence-corrected chi connectivity index (χ1v) is 7.06. The van der Waals surface area contributed by atoms with Crippen LogP contribution in [0.4, 0.5) is 0 Å². The van der Waals surface area contributed by atoms with Gasteiger partial charge in [0.05, 0.1) is 0 Å². The Hall–Kier alpha value is -1.83. The molecule has 0 N–H and O–H groups in total. The van der Waals surface area contributed by atoms with Gasteiger partial charge in [-0.3, -0.25) is 0 Å². The molecule has 0 radical (unpaired) electrons. The Morgan fingerprint density at radius 2 is 1.53 bits per heavy atom. The maximum atomic E-state index is 5.57. The zero-order valence-corrected chi connectivity index (χ0v) is 12.7. The molecular weight excluding hydrogens is 234 g/mol. The summed E-state index contributed by atoms with van der Waals surface area (Å²) in [5.74, 6) is 1.45. The van der Waals surface area contributed by atoms with Gasteiger partial charge in [-0.15, -0.1) is 0 Å². The minimum absolute atomic E-state index is 0.637. The molecule has 1 heterocycles. The second kappa shape index (κ2) is 11.3. The minimum Gasteiger partial charge on any atom is -0.439 e. The number of ether oxygens (including phenoxy) is 1. The van der Waals surface area contributed by atoms with Crippen LogP contribution in [0.1, 0.15) is 40.2 Å². The first kappa shape index (κ1) is 17.2. The van der Waals surface area contributed by atoms with Gasteiger partial charge < -0.3 is 4.74 Å². The first-order chi connectivity index (χ1) is 9.38. The van der Waals surface area contributed by atoms with Gasteiger partial charge >= 0.3 is 0 Å². The first-order valence-electron chi connectivity index (χ1n) is 7.06. The van der Waals surface area contributed by atoms with Crippen LogP contribution < -0.4 is 4.74 Å². The fourth-order valence-corrected chi connectivity index (χ4v) is 1.29. The summed E-state index contributed by atoms with van der Waals surface area (Å²) in [6.07, 6.45) is 2.84. The third-order valence-corrected chi connectivity index (χ3v) is 2.17. The van der Waals surface area contributed by atoms with Crippen molar-refractivity contribution in [2.24, 2.45) is 0 Å². The molecule has 2 nitrogen and oxygen atoms in total. The van der Waals surface area contributed by atoms with E-state index >= 15 is 0 Å². The molecule has 0 atom stereocenters. The van der Waals surface area contributed by atoms with Crippen LogP contribution in [0.25, 0.3) is 0 Å². The predicted octanol–water partition coefficient (Wildman–Crippen LogP) is 5.49. The molecule has 0 amide bonds. The largest absolute Gasteiger partial charge is 0.439 e. The molecule has 1 aromatic carbocycles. The molecule has 2 heteroatoms. The molecular formula is C17H25NO. The van der Waals surface area contributed by atoms with Gasteiger partial charge in [-0.25, -0.2) is 4.98 Å². The lowest BCUT2D eigenvalue weighted by Gasteiger charge is -2.04. The lowest BCUT2D eigenvalue weighted by Crippen LogP contribution is -1.88. The van der Waals surface area contributed by atoms with Crippen molar-refractivity contribution in [3.63, 3.8) is 0 Å². The highest BCUT2D eigenvalue weighted by molar-refractivity contribution is 5.27. The summed E-state index contributed by atoms with van der Waals surface area (Å²) in [6.45, 7) is 10.1. The lowest BCUT2D eigenvalue weighted by atomic mass is 10.2. The fourth-order valence-electron chi connectivity index (χ4n) is 1.29. The van der Waals surface area contributed by atoms with Crippen molar-refractivity contribution in [1.82, 2.24) is 4.98 Å². The van der Waals surface area contributed by atoms with E-state index < -0.39 is 0 Å². The molecule has 2 rings (SSSR count). The monoisotopic (exact) mass is 259 g/mol. The van der Waals surface area contributed by atoms with Crippen molar-refractivity contribution in [2.45, 2.75) is 41.0 Å². The van der Waals surface area contributed by atoms with Crippen LogP contribution in [0.15, 0.2) is 48.7 Å². The number of aromatic nitrogens is 1. The minimum atomic E-state index is 0.637. The van der Waals surface area contributed by atoms with E-state index in [1.165, 1.54) is 5.56 Å². The van der Waals surface area contributed by atoms with Gasteiger partial charge in [0.15, 0.2) is 0 Å². The van der Waals surface area contributed by atoms with Gasteiger partial charge in [0.25, 0.3) is 0 Å². The van der Waals surface area contributed by atoms with Gasteiger partial charge in [0.1, 0.15) is 5.75 Å². The summed E-state index contributed by atoms with van der Waals surface area (Å²) < 4.78 is 5.57. The van der Waals surface area contributed by atoms with Gasteiger partial charge in [-0.2, -0.15) is 0 Å². The van der Waals surface area contributed by atoms with E-state index in [4.69, 9.17) is 4.74 Å². The highest BCUT2D eigenvalue weighted by Crippen LogP contribution is 2.18. The van der Waals surface area contributed by atoms with Crippen LogP contribution in [-0.2, 0) is 6.42 Å². The Kier molecular flexibility index (Phi) is 10.2. The summed E-state index contributed by atoms with van der Waals surface area (Å²) in [7, 11) is 0. The summed E-state index contributed by atoms with van der Waals surface area (Å²) in [6, 6.07) is 13.6. The highest BCUT2D eigenvalue weighted by atomic mass is 16.5. The van der Waals surface area contributed by atoms with Gasteiger partial charge in [-0.1, -0.05) is 58.9 Å². The predicted molar refractivity (Wildman–Crippen MR) is 82.8 cm³/mol. The molecule has 0 bridgehead atoms. The Labute approximate surface area is 117 Å². The number of hydrogen-bond donors (Lipinski definition) is 0. The summed E-state index contributed by atoms with van der Waals surface area (Å²) >= 11 is 0. The van der Waals surface area contributed by atoms with Crippen molar-refractivity contribution in [2.75, 3.05) is 0 Å². The molecule has 0 saturated heterocycles. The van der Waals surface area contributed by atoms with E-state index in [0.717, 1.165) is 12.2 Å². The molecule has 19 heavy (non-hydrogen) atoms. The Balaban J connectivity index is 0.000000741. The van der Waals surface area contributed by atoms with Crippen LogP contribution in [0.3, 0.4) is 0 Å². The SMILES string of the molecule is CC.CC.CCc1ccc(Oc2ccccc2)nc1.